The zero-order valence-electron chi connectivity index (χ0n) is 11.3. The van der Waals surface area contributed by atoms with Crippen molar-refractivity contribution in [2.75, 3.05) is 20.2 Å². The molecule has 0 radical (unpaired) electrons. The molecular formula is C14H22N2O2. The number of benzene rings is 1. The lowest BCUT2D eigenvalue weighted by atomic mass is 9.84. The Balaban J connectivity index is 2.63. The fourth-order valence-corrected chi connectivity index (χ4v) is 1.68. The Morgan fingerprint density at radius 1 is 1.33 bits per heavy atom. The van der Waals surface area contributed by atoms with Gasteiger partial charge < -0.3 is 15.8 Å². The molecule has 0 unspecified atom stereocenters. The van der Waals surface area contributed by atoms with Crippen LogP contribution >= 0.6 is 0 Å². The lowest BCUT2D eigenvalue weighted by Crippen LogP contribution is -2.37. The topological polar surface area (TPSA) is 64.3 Å². The number of methoxy groups -OCH3 is 1. The molecule has 0 aromatic heterocycles. The van der Waals surface area contributed by atoms with E-state index in [4.69, 9.17) is 10.5 Å². The van der Waals surface area contributed by atoms with Gasteiger partial charge in [-0.1, -0.05) is 26.0 Å². The van der Waals surface area contributed by atoms with Gasteiger partial charge in [0.1, 0.15) is 5.75 Å². The van der Waals surface area contributed by atoms with Gasteiger partial charge in [-0.25, -0.2) is 0 Å². The first-order chi connectivity index (χ1) is 8.49. The summed E-state index contributed by atoms with van der Waals surface area (Å²) in [5, 5.41) is 2.90. The van der Waals surface area contributed by atoms with Gasteiger partial charge in [0.25, 0.3) is 0 Å². The minimum absolute atomic E-state index is 0.000846. The molecule has 1 amide bonds. The van der Waals surface area contributed by atoms with Crippen molar-refractivity contribution in [2.24, 2.45) is 5.73 Å². The van der Waals surface area contributed by atoms with Gasteiger partial charge >= 0.3 is 0 Å². The summed E-state index contributed by atoms with van der Waals surface area (Å²) < 4.78 is 5.13. The number of carbonyl (C=O) groups excluding carboxylic acids is 1. The summed E-state index contributed by atoms with van der Waals surface area (Å²) in [5.41, 5.74) is 6.39. The van der Waals surface area contributed by atoms with Crippen LogP contribution in [0.15, 0.2) is 24.3 Å². The van der Waals surface area contributed by atoms with Gasteiger partial charge in [0.15, 0.2) is 0 Å². The first kappa shape index (κ1) is 14.5. The molecule has 0 saturated carbocycles. The minimum atomic E-state index is -0.115. The van der Waals surface area contributed by atoms with Crippen LogP contribution in [-0.4, -0.2) is 26.1 Å². The van der Waals surface area contributed by atoms with Gasteiger partial charge in [-0.15, -0.1) is 0 Å². The fourth-order valence-electron chi connectivity index (χ4n) is 1.68. The number of ether oxygens (including phenoxy) is 1. The van der Waals surface area contributed by atoms with Crippen molar-refractivity contribution < 1.29 is 9.53 Å². The summed E-state index contributed by atoms with van der Waals surface area (Å²) in [6, 6.07) is 7.90. The normalized spacial score (nSPS) is 11.1. The Kier molecular flexibility index (Phi) is 5.16. The van der Waals surface area contributed by atoms with Crippen molar-refractivity contribution in [3.8, 4) is 5.75 Å². The van der Waals surface area contributed by atoms with Crippen molar-refractivity contribution in [1.29, 1.82) is 0 Å². The molecule has 0 aliphatic heterocycles. The second-order valence-electron chi connectivity index (χ2n) is 4.93. The van der Waals surface area contributed by atoms with E-state index in [1.165, 1.54) is 0 Å². The molecule has 0 aliphatic rings. The first-order valence-corrected chi connectivity index (χ1v) is 6.11. The maximum atomic E-state index is 11.4. The highest BCUT2D eigenvalue weighted by Crippen LogP contribution is 2.24. The van der Waals surface area contributed by atoms with E-state index in [1.807, 2.05) is 24.3 Å². The standard InChI is InChI=1S/C14H22N2O2/c1-14(2,10-16-13(17)8-9-15)11-4-6-12(18-3)7-5-11/h4-7H,8-10,15H2,1-3H3,(H,16,17). The van der Waals surface area contributed by atoms with Crippen molar-refractivity contribution in [3.63, 3.8) is 0 Å². The number of carbonyl (C=O) groups is 1. The van der Waals surface area contributed by atoms with Crippen LogP contribution in [-0.2, 0) is 10.2 Å². The van der Waals surface area contributed by atoms with E-state index in [0.29, 0.717) is 19.5 Å². The quantitative estimate of drug-likeness (QED) is 0.803. The molecule has 4 nitrogen and oxygen atoms in total. The van der Waals surface area contributed by atoms with E-state index in [2.05, 4.69) is 19.2 Å². The first-order valence-electron chi connectivity index (χ1n) is 6.11. The average molecular weight is 250 g/mol. The Labute approximate surface area is 109 Å². The summed E-state index contributed by atoms with van der Waals surface area (Å²) in [7, 11) is 1.65. The number of hydrogen-bond donors (Lipinski definition) is 2. The highest BCUT2D eigenvalue weighted by atomic mass is 16.5. The van der Waals surface area contributed by atoms with Gasteiger partial charge in [0.2, 0.25) is 5.91 Å². The smallest absolute Gasteiger partial charge is 0.221 e. The number of hydrogen-bond acceptors (Lipinski definition) is 3. The second kappa shape index (κ2) is 6.40. The molecule has 0 saturated heterocycles. The molecule has 0 aliphatic carbocycles. The van der Waals surface area contributed by atoms with Gasteiger partial charge in [-0.2, -0.15) is 0 Å². The number of rotatable bonds is 6. The van der Waals surface area contributed by atoms with Crippen molar-refractivity contribution in [3.05, 3.63) is 29.8 Å². The summed E-state index contributed by atoms with van der Waals surface area (Å²) in [4.78, 5) is 11.4. The SMILES string of the molecule is COc1ccc(C(C)(C)CNC(=O)CCN)cc1. The van der Waals surface area contributed by atoms with Crippen LogP contribution in [0.25, 0.3) is 0 Å². The highest BCUT2D eigenvalue weighted by molar-refractivity contribution is 5.76. The van der Waals surface area contributed by atoms with E-state index in [0.717, 1.165) is 11.3 Å². The van der Waals surface area contributed by atoms with Gasteiger partial charge in [-0.3, -0.25) is 4.79 Å². The monoisotopic (exact) mass is 250 g/mol. The van der Waals surface area contributed by atoms with E-state index in [1.54, 1.807) is 7.11 Å². The van der Waals surface area contributed by atoms with Crippen LogP contribution in [0.4, 0.5) is 0 Å². The Morgan fingerprint density at radius 3 is 2.44 bits per heavy atom. The lowest BCUT2D eigenvalue weighted by molar-refractivity contribution is -0.121. The molecule has 4 heteroatoms. The molecule has 1 rings (SSSR count). The van der Waals surface area contributed by atoms with E-state index >= 15 is 0 Å². The predicted octanol–water partition coefficient (Wildman–Crippen LogP) is 1.44. The molecule has 100 valence electrons. The summed E-state index contributed by atoms with van der Waals surface area (Å²) in [5.74, 6) is 0.834. The molecule has 18 heavy (non-hydrogen) atoms. The van der Waals surface area contributed by atoms with Crippen LogP contribution in [0.5, 0.6) is 5.75 Å². The van der Waals surface area contributed by atoms with Crippen LogP contribution in [0.3, 0.4) is 0 Å². The lowest BCUT2D eigenvalue weighted by Gasteiger charge is -2.25. The summed E-state index contributed by atoms with van der Waals surface area (Å²) >= 11 is 0. The van der Waals surface area contributed by atoms with Crippen molar-refractivity contribution in [1.82, 2.24) is 5.32 Å². The van der Waals surface area contributed by atoms with E-state index in [9.17, 15) is 4.79 Å². The molecule has 0 heterocycles. The molecule has 0 atom stereocenters. The maximum Gasteiger partial charge on any atom is 0.221 e. The fraction of sp³-hybridized carbons (Fsp3) is 0.500. The number of amides is 1. The molecule has 3 N–H and O–H groups in total. The van der Waals surface area contributed by atoms with Crippen LogP contribution in [0, 0.1) is 0 Å². The molecule has 1 aromatic rings. The Bertz CT molecular complexity index is 385. The van der Waals surface area contributed by atoms with E-state index < -0.39 is 0 Å². The second-order valence-corrected chi connectivity index (χ2v) is 4.93. The minimum Gasteiger partial charge on any atom is -0.497 e. The van der Waals surface area contributed by atoms with E-state index in [-0.39, 0.29) is 11.3 Å². The van der Waals surface area contributed by atoms with Crippen LogP contribution in [0.2, 0.25) is 0 Å². The van der Waals surface area contributed by atoms with Gasteiger partial charge in [-0.05, 0) is 17.7 Å². The van der Waals surface area contributed by atoms with Gasteiger partial charge in [0, 0.05) is 24.9 Å². The third-order valence-corrected chi connectivity index (χ3v) is 2.97. The third-order valence-electron chi connectivity index (χ3n) is 2.97. The number of nitrogens with two attached hydrogens (primary N) is 1. The molecule has 0 spiro atoms. The molecule has 0 bridgehead atoms. The Morgan fingerprint density at radius 2 is 1.94 bits per heavy atom. The maximum absolute atomic E-state index is 11.4. The summed E-state index contributed by atoms with van der Waals surface area (Å²) in [6.07, 6.45) is 0.374. The zero-order valence-corrected chi connectivity index (χ0v) is 11.3. The van der Waals surface area contributed by atoms with Gasteiger partial charge in [0.05, 0.1) is 7.11 Å². The summed E-state index contributed by atoms with van der Waals surface area (Å²) in [6.45, 7) is 5.17. The Hall–Kier alpha value is -1.55. The van der Waals surface area contributed by atoms with Crippen molar-refractivity contribution >= 4 is 5.91 Å². The molecule has 1 aromatic carbocycles. The van der Waals surface area contributed by atoms with Crippen LogP contribution < -0.4 is 15.8 Å². The largest absolute Gasteiger partial charge is 0.497 e. The zero-order chi connectivity index (χ0) is 13.6. The number of nitrogens with one attached hydrogen (secondary N) is 1. The van der Waals surface area contributed by atoms with Crippen molar-refractivity contribution in [2.45, 2.75) is 25.7 Å². The average Bonchev–Trinajstić information content (AvgIpc) is 2.37. The molecular weight excluding hydrogens is 228 g/mol. The predicted molar refractivity (Wildman–Crippen MR) is 72.7 cm³/mol. The third kappa shape index (κ3) is 4.04. The highest BCUT2D eigenvalue weighted by Gasteiger charge is 2.21. The molecule has 0 fully saturated rings. The van der Waals surface area contributed by atoms with Crippen LogP contribution in [0.1, 0.15) is 25.8 Å².